The summed E-state index contributed by atoms with van der Waals surface area (Å²) in [5.74, 6) is -2.97. The molecule has 2 aliphatic rings. The molecule has 0 aromatic heterocycles. The van der Waals surface area contributed by atoms with E-state index in [2.05, 4.69) is 6.58 Å². The first-order valence-electron chi connectivity index (χ1n) is 13.4. The summed E-state index contributed by atoms with van der Waals surface area (Å²) in [6.45, 7) is 4.34. The topological polar surface area (TPSA) is 242 Å². The van der Waals surface area contributed by atoms with Crippen molar-refractivity contribution in [3.8, 4) is 11.5 Å². The lowest BCUT2D eigenvalue weighted by Crippen LogP contribution is -2.62. The average Bonchev–Trinajstić information content (AvgIpc) is 3.26. The van der Waals surface area contributed by atoms with Crippen LogP contribution in [0.4, 0.5) is 0 Å². The van der Waals surface area contributed by atoms with Crippen molar-refractivity contribution < 1.29 is 74.1 Å². The lowest BCUT2D eigenvalue weighted by molar-refractivity contribution is -0.318. The summed E-state index contributed by atoms with van der Waals surface area (Å²) < 4.78 is 26.9. The molecule has 2 aliphatic heterocycles. The van der Waals surface area contributed by atoms with E-state index in [0.29, 0.717) is 0 Å². The molecule has 2 saturated heterocycles. The first-order chi connectivity index (χ1) is 20.2. The molecule has 0 aliphatic carbocycles. The van der Waals surface area contributed by atoms with E-state index in [1.165, 1.54) is 25.1 Å². The maximum Gasteiger partial charge on any atom is 0.349 e. The minimum absolute atomic E-state index is 0.0720. The number of hydrogen-bond donors (Lipinski definition) is 8. The highest BCUT2D eigenvalue weighted by molar-refractivity contribution is 6.03. The van der Waals surface area contributed by atoms with Gasteiger partial charge in [-0.3, -0.25) is 0 Å². The van der Waals surface area contributed by atoms with Gasteiger partial charge in [-0.15, -0.1) is 6.58 Å². The van der Waals surface area contributed by atoms with Gasteiger partial charge in [0.1, 0.15) is 47.1 Å². The van der Waals surface area contributed by atoms with Crippen molar-refractivity contribution in [3.05, 3.63) is 48.1 Å². The SMILES string of the molecule is C=C[C@@](C)(O)CC/C=C(\C)C(=O)OC(=O)c1cc(O[C@@H]2O[C@H](CO)[C@@H](O)[C@H](O)[C@H]2O[C@@H]2OC[C@@](O)(CO)[C@@H]2O)ccc1O. The molecule has 15 nitrogen and oxygen atoms in total. The molecule has 0 bridgehead atoms. The van der Waals surface area contributed by atoms with Gasteiger partial charge < -0.3 is 64.5 Å². The highest BCUT2D eigenvalue weighted by atomic mass is 16.8. The molecule has 9 atom stereocenters. The Morgan fingerprint density at radius 2 is 1.88 bits per heavy atom. The quantitative estimate of drug-likeness (QED) is 0.0571. The van der Waals surface area contributed by atoms with Gasteiger partial charge in [-0.25, -0.2) is 9.59 Å². The minimum atomic E-state index is -2.06. The normalized spacial score (nSPS) is 32.6. The van der Waals surface area contributed by atoms with Crippen LogP contribution in [0.25, 0.3) is 0 Å². The third kappa shape index (κ3) is 8.16. The number of aliphatic hydroxyl groups excluding tert-OH is 5. The number of rotatable bonds is 12. The zero-order chi connectivity index (χ0) is 32.1. The summed E-state index contributed by atoms with van der Waals surface area (Å²) in [6.07, 6.45) is -8.04. The van der Waals surface area contributed by atoms with Gasteiger partial charge in [0.05, 0.1) is 25.4 Å². The van der Waals surface area contributed by atoms with E-state index in [-0.39, 0.29) is 24.2 Å². The van der Waals surface area contributed by atoms with E-state index in [1.807, 2.05) is 0 Å². The largest absolute Gasteiger partial charge is 0.507 e. The van der Waals surface area contributed by atoms with Crippen LogP contribution in [0.1, 0.15) is 37.0 Å². The van der Waals surface area contributed by atoms with Crippen molar-refractivity contribution in [2.45, 2.75) is 81.0 Å². The first-order valence-corrected chi connectivity index (χ1v) is 13.4. The second-order valence-corrected chi connectivity index (χ2v) is 10.7. The first kappa shape index (κ1) is 34.5. The Morgan fingerprint density at radius 3 is 2.49 bits per heavy atom. The van der Waals surface area contributed by atoms with Crippen molar-refractivity contribution in [3.63, 3.8) is 0 Å². The Kier molecular flexibility index (Phi) is 11.4. The molecule has 2 heterocycles. The summed E-state index contributed by atoms with van der Waals surface area (Å²) in [4.78, 5) is 25.1. The van der Waals surface area contributed by atoms with Gasteiger partial charge in [0.2, 0.25) is 6.29 Å². The summed E-state index contributed by atoms with van der Waals surface area (Å²) in [7, 11) is 0. The molecule has 0 saturated carbocycles. The summed E-state index contributed by atoms with van der Waals surface area (Å²) in [6, 6.07) is 3.25. The number of aromatic hydroxyl groups is 1. The lowest BCUT2D eigenvalue weighted by Gasteiger charge is -2.42. The fraction of sp³-hybridized carbons (Fsp3) is 0.571. The van der Waals surface area contributed by atoms with Gasteiger partial charge in [-0.1, -0.05) is 12.2 Å². The lowest BCUT2D eigenvalue weighted by atomic mass is 9.98. The van der Waals surface area contributed by atoms with Crippen LogP contribution in [0.15, 0.2) is 42.5 Å². The van der Waals surface area contributed by atoms with Crippen LogP contribution in [-0.4, -0.2) is 127 Å². The van der Waals surface area contributed by atoms with E-state index in [9.17, 15) is 50.4 Å². The number of ether oxygens (including phenoxy) is 5. The maximum atomic E-state index is 12.7. The number of esters is 2. The van der Waals surface area contributed by atoms with Crippen LogP contribution in [0, 0.1) is 0 Å². The molecule has 240 valence electrons. The fourth-order valence-electron chi connectivity index (χ4n) is 4.23. The van der Waals surface area contributed by atoms with Crippen molar-refractivity contribution in [2.24, 2.45) is 0 Å². The molecule has 15 heteroatoms. The second kappa shape index (κ2) is 14.2. The minimum Gasteiger partial charge on any atom is -0.507 e. The molecule has 1 aromatic carbocycles. The monoisotopic (exact) mass is 614 g/mol. The molecule has 2 fully saturated rings. The number of benzene rings is 1. The smallest absolute Gasteiger partial charge is 0.349 e. The van der Waals surface area contributed by atoms with Crippen molar-refractivity contribution in [2.75, 3.05) is 19.8 Å². The zero-order valence-electron chi connectivity index (χ0n) is 23.6. The molecule has 43 heavy (non-hydrogen) atoms. The van der Waals surface area contributed by atoms with E-state index >= 15 is 0 Å². The highest BCUT2D eigenvalue weighted by Crippen LogP contribution is 2.33. The summed E-state index contributed by atoms with van der Waals surface area (Å²) in [5.41, 5.74) is -3.62. The molecule has 8 N–H and O–H groups in total. The number of allylic oxidation sites excluding steroid dienone is 1. The van der Waals surface area contributed by atoms with E-state index in [4.69, 9.17) is 23.7 Å². The highest BCUT2D eigenvalue weighted by Gasteiger charge is 2.53. The van der Waals surface area contributed by atoms with Crippen LogP contribution in [0.3, 0.4) is 0 Å². The molecule has 0 amide bonds. The fourth-order valence-corrected chi connectivity index (χ4v) is 4.23. The van der Waals surface area contributed by atoms with Gasteiger partial charge in [0, 0.05) is 5.57 Å². The van der Waals surface area contributed by atoms with E-state index in [0.717, 1.165) is 12.1 Å². The Balaban J connectivity index is 1.76. The average molecular weight is 615 g/mol. The van der Waals surface area contributed by atoms with E-state index in [1.54, 1.807) is 6.92 Å². The number of hydrogen-bond acceptors (Lipinski definition) is 15. The Labute approximate surface area is 246 Å². The van der Waals surface area contributed by atoms with Gasteiger partial charge in [0.15, 0.2) is 12.4 Å². The predicted octanol–water partition coefficient (Wildman–Crippen LogP) is -1.62. The van der Waals surface area contributed by atoms with Crippen molar-refractivity contribution in [1.29, 1.82) is 0 Å². The maximum absolute atomic E-state index is 12.7. The van der Waals surface area contributed by atoms with Crippen LogP contribution in [-0.2, 0) is 23.7 Å². The summed E-state index contributed by atoms with van der Waals surface area (Å²) >= 11 is 0. The molecule has 0 unspecified atom stereocenters. The van der Waals surface area contributed by atoms with Crippen molar-refractivity contribution >= 4 is 11.9 Å². The van der Waals surface area contributed by atoms with Gasteiger partial charge >= 0.3 is 11.9 Å². The predicted molar refractivity (Wildman–Crippen MR) is 143 cm³/mol. The van der Waals surface area contributed by atoms with Crippen LogP contribution in [0.2, 0.25) is 0 Å². The zero-order valence-corrected chi connectivity index (χ0v) is 23.6. The Hall–Kier alpha value is -2.96. The van der Waals surface area contributed by atoms with Crippen molar-refractivity contribution in [1.82, 2.24) is 0 Å². The molecule has 0 spiro atoms. The standard InChI is InChI=1S/C28H38O15/c1-4-27(3,37)9-5-6-14(2)23(35)43-24(36)16-10-15(7-8-17(16)31)40-25-21(20(33)19(32)18(11-29)41-25)42-26-22(34)28(38,12-30)13-39-26/h4,6-8,10,18-22,25-26,29-34,37-38H,1,5,9,11-13H2,2-3H3/b14-6+/t18-,19-,20+,21-,22-,25-,26+,27-,28+/m1/s1. The van der Waals surface area contributed by atoms with Crippen LogP contribution in [0.5, 0.6) is 11.5 Å². The molecular formula is C28H38O15. The number of carbonyl (C=O) groups excluding carboxylic acids is 2. The third-order valence-corrected chi connectivity index (χ3v) is 7.18. The molecule has 3 rings (SSSR count). The van der Waals surface area contributed by atoms with Crippen LogP contribution < -0.4 is 4.74 Å². The molecule has 1 aromatic rings. The summed E-state index contributed by atoms with van der Waals surface area (Å²) in [5, 5.41) is 80.9. The second-order valence-electron chi connectivity index (χ2n) is 10.7. The number of aliphatic hydroxyl groups is 7. The van der Waals surface area contributed by atoms with Gasteiger partial charge in [-0.2, -0.15) is 0 Å². The van der Waals surface area contributed by atoms with Gasteiger partial charge in [0.25, 0.3) is 0 Å². The molecular weight excluding hydrogens is 576 g/mol. The Morgan fingerprint density at radius 1 is 1.19 bits per heavy atom. The molecule has 0 radical (unpaired) electrons. The van der Waals surface area contributed by atoms with E-state index < -0.39 is 97.4 Å². The number of phenolic OH excluding ortho intramolecular Hbond substituents is 1. The number of phenols is 1. The number of carbonyl (C=O) groups is 2. The van der Waals surface area contributed by atoms with Crippen LogP contribution >= 0.6 is 0 Å². The third-order valence-electron chi connectivity index (χ3n) is 7.18. The van der Waals surface area contributed by atoms with Gasteiger partial charge in [-0.05, 0) is 44.9 Å². The Bertz CT molecular complexity index is 1180.